The smallest absolute Gasteiger partial charge is 0.325 e. The van der Waals surface area contributed by atoms with E-state index in [1.54, 1.807) is 24.3 Å². The summed E-state index contributed by atoms with van der Waals surface area (Å²) >= 11 is 0. The molecule has 1 atom stereocenters. The highest BCUT2D eigenvalue weighted by molar-refractivity contribution is 6.01. The highest BCUT2D eigenvalue weighted by Gasteiger charge is 2.24. The van der Waals surface area contributed by atoms with E-state index in [4.69, 9.17) is 9.63 Å². The third-order valence-corrected chi connectivity index (χ3v) is 3.22. The first-order chi connectivity index (χ1) is 10.7. The van der Waals surface area contributed by atoms with Crippen molar-refractivity contribution in [3.05, 3.63) is 35.7 Å². The highest BCUT2D eigenvalue weighted by Crippen LogP contribution is 2.26. The fraction of sp³-hybridized carbons (Fsp3) is 0.375. The minimum atomic E-state index is -1.11. The number of aromatic nitrogens is 2. The van der Waals surface area contributed by atoms with Crippen LogP contribution < -0.4 is 5.32 Å². The standard InChI is InChI=1S/C16H19N3O4/c1-9(14(21)22)17-12(20)10-7-5-6-8-11(10)13-18-15(19-23-13)16(2,3)4/h5-9H,1-4H3,(H,17,20)(H,21,22)/t9-/m1/s1. The van der Waals surface area contributed by atoms with Crippen molar-refractivity contribution in [1.82, 2.24) is 15.5 Å². The Bertz CT molecular complexity index is 731. The number of rotatable bonds is 4. The highest BCUT2D eigenvalue weighted by atomic mass is 16.5. The van der Waals surface area contributed by atoms with E-state index < -0.39 is 17.9 Å². The summed E-state index contributed by atoms with van der Waals surface area (Å²) in [6, 6.07) is 5.70. The van der Waals surface area contributed by atoms with Crippen LogP contribution in [0.2, 0.25) is 0 Å². The number of carboxylic acid groups (broad SMARTS) is 1. The Kier molecular flexibility index (Phi) is 4.49. The number of carbonyl (C=O) groups excluding carboxylic acids is 1. The third-order valence-electron chi connectivity index (χ3n) is 3.22. The van der Waals surface area contributed by atoms with Crippen LogP contribution >= 0.6 is 0 Å². The van der Waals surface area contributed by atoms with Crippen molar-refractivity contribution in [3.63, 3.8) is 0 Å². The van der Waals surface area contributed by atoms with E-state index in [2.05, 4.69) is 15.5 Å². The molecule has 1 aromatic heterocycles. The zero-order valence-corrected chi connectivity index (χ0v) is 13.5. The van der Waals surface area contributed by atoms with Gasteiger partial charge in [-0.15, -0.1) is 0 Å². The van der Waals surface area contributed by atoms with Crippen molar-refractivity contribution in [2.75, 3.05) is 0 Å². The summed E-state index contributed by atoms with van der Waals surface area (Å²) in [7, 11) is 0. The van der Waals surface area contributed by atoms with Crippen LogP contribution in [0.5, 0.6) is 0 Å². The lowest BCUT2D eigenvalue weighted by atomic mass is 9.96. The molecule has 0 aliphatic heterocycles. The average Bonchev–Trinajstić information content (AvgIpc) is 2.96. The number of hydrogen-bond acceptors (Lipinski definition) is 5. The molecule has 7 heteroatoms. The van der Waals surface area contributed by atoms with E-state index in [9.17, 15) is 9.59 Å². The van der Waals surface area contributed by atoms with Crippen molar-refractivity contribution in [3.8, 4) is 11.5 Å². The molecular formula is C16H19N3O4. The molecule has 0 bridgehead atoms. The van der Waals surface area contributed by atoms with Crippen LogP contribution in [-0.4, -0.2) is 33.2 Å². The number of amides is 1. The normalized spacial score (nSPS) is 12.7. The molecule has 1 aromatic carbocycles. The molecule has 0 aliphatic carbocycles. The largest absolute Gasteiger partial charge is 0.480 e. The average molecular weight is 317 g/mol. The molecular weight excluding hydrogens is 298 g/mol. The molecule has 2 aromatic rings. The zero-order chi connectivity index (χ0) is 17.2. The lowest BCUT2D eigenvalue weighted by Crippen LogP contribution is -2.38. The summed E-state index contributed by atoms with van der Waals surface area (Å²) in [4.78, 5) is 27.5. The fourth-order valence-electron chi connectivity index (χ4n) is 1.84. The van der Waals surface area contributed by atoms with E-state index >= 15 is 0 Å². The van der Waals surface area contributed by atoms with Crippen LogP contribution in [0.4, 0.5) is 0 Å². The lowest BCUT2D eigenvalue weighted by molar-refractivity contribution is -0.138. The number of nitrogens with one attached hydrogen (secondary N) is 1. The molecule has 23 heavy (non-hydrogen) atoms. The van der Waals surface area contributed by atoms with Crippen molar-refractivity contribution in [2.24, 2.45) is 0 Å². The molecule has 122 valence electrons. The van der Waals surface area contributed by atoms with Crippen LogP contribution in [0, 0.1) is 0 Å². The first kappa shape index (κ1) is 16.7. The molecule has 0 aliphatic rings. The Morgan fingerprint density at radius 2 is 1.91 bits per heavy atom. The number of aliphatic carboxylic acids is 1. The number of benzene rings is 1. The van der Waals surface area contributed by atoms with Gasteiger partial charge >= 0.3 is 5.97 Å². The number of hydrogen-bond donors (Lipinski definition) is 2. The maximum absolute atomic E-state index is 12.3. The Labute approximate surface area is 133 Å². The van der Waals surface area contributed by atoms with Gasteiger partial charge in [0.05, 0.1) is 11.1 Å². The Hall–Kier alpha value is -2.70. The Morgan fingerprint density at radius 1 is 1.26 bits per heavy atom. The van der Waals surface area contributed by atoms with Crippen LogP contribution in [0.25, 0.3) is 11.5 Å². The maximum Gasteiger partial charge on any atom is 0.325 e. The van der Waals surface area contributed by atoms with E-state index in [1.807, 2.05) is 20.8 Å². The summed E-state index contributed by atoms with van der Waals surface area (Å²) in [5.41, 5.74) is 0.465. The molecule has 1 heterocycles. The van der Waals surface area contributed by atoms with Gasteiger partial charge in [0, 0.05) is 5.41 Å². The minimum absolute atomic E-state index is 0.226. The quantitative estimate of drug-likeness (QED) is 0.896. The van der Waals surface area contributed by atoms with Crippen LogP contribution in [-0.2, 0) is 10.2 Å². The molecule has 0 fully saturated rings. The van der Waals surface area contributed by atoms with Crippen LogP contribution in [0.1, 0.15) is 43.9 Å². The Balaban J connectivity index is 2.36. The van der Waals surface area contributed by atoms with Gasteiger partial charge in [-0.05, 0) is 19.1 Å². The first-order valence-electron chi connectivity index (χ1n) is 7.17. The predicted octanol–water partition coefficient (Wildman–Crippen LogP) is 2.24. The van der Waals surface area contributed by atoms with Gasteiger partial charge in [-0.25, -0.2) is 0 Å². The van der Waals surface area contributed by atoms with Crippen LogP contribution in [0.15, 0.2) is 28.8 Å². The van der Waals surface area contributed by atoms with Gasteiger partial charge < -0.3 is 14.9 Å². The second-order valence-electron chi connectivity index (χ2n) is 6.25. The first-order valence-corrected chi connectivity index (χ1v) is 7.17. The van der Waals surface area contributed by atoms with Gasteiger partial charge in [0.25, 0.3) is 11.8 Å². The zero-order valence-electron chi connectivity index (χ0n) is 13.5. The predicted molar refractivity (Wildman–Crippen MR) is 83.0 cm³/mol. The van der Waals surface area contributed by atoms with Crippen molar-refractivity contribution >= 4 is 11.9 Å². The number of nitrogens with zero attached hydrogens (tertiary/aromatic N) is 2. The molecule has 1 amide bonds. The van der Waals surface area contributed by atoms with Gasteiger partial charge in [-0.3, -0.25) is 9.59 Å². The van der Waals surface area contributed by atoms with Gasteiger partial charge in [0.15, 0.2) is 5.82 Å². The van der Waals surface area contributed by atoms with Gasteiger partial charge in [0.2, 0.25) is 0 Å². The van der Waals surface area contributed by atoms with Crippen molar-refractivity contribution < 1.29 is 19.2 Å². The monoisotopic (exact) mass is 317 g/mol. The SMILES string of the molecule is C[C@@H](NC(=O)c1ccccc1-c1nc(C(C)(C)C)no1)C(=O)O. The molecule has 0 spiro atoms. The minimum Gasteiger partial charge on any atom is -0.480 e. The van der Waals surface area contributed by atoms with Crippen molar-refractivity contribution in [2.45, 2.75) is 39.2 Å². The second-order valence-corrected chi connectivity index (χ2v) is 6.25. The molecule has 7 nitrogen and oxygen atoms in total. The molecule has 0 saturated carbocycles. The molecule has 2 rings (SSSR count). The molecule has 0 saturated heterocycles. The molecule has 2 N–H and O–H groups in total. The summed E-state index contributed by atoms with van der Waals surface area (Å²) < 4.78 is 5.26. The van der Waals surface area contributed by atoms with Crippen LogP contribution in [0.3, 0.4) is 0 Å². The topological polar surface area (TPSA) is 105 Å². The van der Waals surface area contributed by atoms with E-state index in [-0.39, 0.29) is 16.9 Å². The molecule has 0 unspecified atom stereocenters. The van der Waals surface area contributed by atoms with E-state index in [1.165, 1.54) is 6.92 Å². The van der Waals surface area contributed by atoms with Gasteiger partial charge in [-0.2, -0.15) is 4.98 Å². The Morgan fingerprint density at radius 3 is 2.48 bits per heavy atom. The summed E-state index contributed by atoms with van der Waals surface area (Å²) in [5.74, 6) is -0.861. The van der Waals surface area contributed by atoms with E-state index in [0.717, 1.165) is 0 Å². The number of carboxylic acids is 1. The van der Waals surface area contributed by atoms with Gasteiger partial charge in [-0.1, -0.05) is 38.1 Å². The fourth-order valence-corrected chi connectivity index (χ4v) is 1.84. The second kappa shape index (κ2) is 6.20. The molecule has 0 radical (unpaired) electrons. The summed E-state index contributed by atoms with van der Waals surface area (Å²) in [5, 5.41) is 15.3. The van der Waals surface area contributed by atoms with E-state index in [0.29, 0.717) is 11.4 Å². The maximum atomic E-state index is 12.3. The lowest BCUT2D eigenvalue weighted by Gasteiger charge is -2.11. The third kappa shape index (κ3) is 3.74. The van der Waals surface area contributed by atoms with Crippen molar-refractivity contribution in [1.29, 1.82) is 0 Å². The summed E-state index contributed by atoms with van der Waals surface area (Å²) in [6.07, 6.45) is 0. The van der Waals surface area contributed by atoms with Gasteiger partial charge in [0.1, 0.15) is 6.04 Å². The number of carbonyl (C=O) groups is 2. The summed E-state index contributed by atoms with van der Waals surface area (Å²) in [6.45, 7) is 7.26.